The molecule has 1 unspecified atom stereocenters. The number of benzene rings is 1. The first-order chi connectivity index (χ1) is 13.0. The lowest BCUT2D eigenvalue weighted by Crippen LogP contribution is -2.48. The van der Waals surface area contributed by atoms with Crippen LogP contribution in [0.25, 0.3) is 0 Å². The van der Waals surface area contributed by atoms with Crippen LogP contribution in [0.15, 0.2) is 18.2 Å². The van der Waals surface area contributed by atoms with Crippen molar-refractivity contribution in [1.29, 1.82) is 0 Å². The van der Waals surface area contributed by atoms with Gasteiger partial charge >= 0.3 is 0 Å². The van der Waals surface area contributed by atoms with Gasteiger partial charge in [0, 0.05) is 37.4 Å². The van der Waals surface area contributed by atoms with Crippen LogP contribution in [-0.4, -0.2) is 51.7 Å². The minimum atomic E-state index is -1.01. The van der Waals surface area contributed by atoms with Crippen LogP contribution in [0.5, 0.6) is 0 Å². The molecule has 1 aromatic carbocycles. The number of ether oxygens (including phenoxy) is 1. The molecule has 1 atom stereocenters. The second-order valence-electron chi connectivity index (χ2n) is 7.33. The molecule has 2 amide bonds. The zero-order valence-corrected chi connectivity index (χ0v) is 16.6. The van der Waals surface area contributed by atoms with Crippen molar-refractivity contribution in [2.75, 3.05) is 44.8 Å². The Morgan fingerprint density at radius 1 is 1.32 bits per heavy atom. The molecule has 2 saturated heterocycles. The molecule has 6 nitrogen and oxygen atoms in total. The average Bonchev–Trinajstić information content (AvgIpc) is 3.05. The molecular weight excluding hydrogens is 392 g/mol. The predicted octanol–water partition coefficient (Wildman–Crippen LogP) is 1.87. The van der Waals surface area contributed by atoms with E-state index in [1.807, 2.05) is 0 Å². The Morgan fingerprint density at radius 2 is 2.04 bits per heavy atom. The highest BCUT2D eigenvalue weighted by atomic mass is 35.5. The minimum absolute atomic E-state index is 0. The highest BCUT2D eigenvalue weighted by molar-refractivity contribution is 6.09. The molecule has 0 aliphatic carbocycles. The SMILES string of the molecule is COCC1(CNC(=O)C2CCN(c3ccc(F)c(F)c3)C2=O)CCNCC1.Cl. The van der Waals surface area contributed by atoms with Crippen molar-refractivity contribution in [3.05, 3.63) is 29.8 Å². The van der Waals surface area contributed by atoms with Gasteiger partial charge in [0.15, 0.2) is 11.6 Å². The van der Waals surface area contributed by atoms with Crippen LogP contribution in [-0.2, 0) is 14.3 Å². The number of rotatable bonds is 6. The van der Waals surface area contributed by atoms with Gasteiger partial charge in [-0.2, -0.15) is 0 Å². The number of hydrogen-bond donors (Lipinski definition) is 2. The zero-order valence-electron chi connectivity index (χ0n) is 15.8. The van der Waals surface area contributed by atoms with Gasteiger partial charge in [0.1, 0.15) is 5.92 Å². The van der Waals surface area contributed by atoms with Gasteiger partial charge in [-0.15, -0.1) is 12.4 Å². The molecule has 2 N–H and O–H groups in total. The number of carbonyl (C=O) groups is 2. The van der Waals surface area contributed by atoms with E-state index in [2.05, 4.69) is 10.6 Å². The van der Waals surface area contributed by atoms with Gasteiger partial charge in [0.25, 0.3) is 0 Å². The molecule has 2 fully saturated rings. The van der Waals surface area contributed by atoms with Crippen molar-refractivity contribution < 1.29 is 23.1 Å². The van der Waals surface area contributed by atoms with Crippen molar-refractivity contribution >= 4 is 29.9 Å². The standard InChI is InChI=1S/C19H25F2N3O3.ClH/c1-27-12-19(5-7-22-8-6-19)11-23-17(25)14-4-9-24(18(14)26)13-2-3-15(20)16(21)10-13;/h2-3,10,14,22H,4-9,11-12H2,1H3,(H,23,25);1H. The summed E-state index contributed by atoms with van der Waals surface area (Å²) in [6.45, 7) is 3.04. The fraction of sp³-hybridized carbons (Fsp3) is 0.579. The molecule has 9 heteroatoms. The number of methoxy groups -OCH3 is 1. The molecule has 156 valence electrons. The second-order valence-corrected chi connectivity index (χ2v) is 7.33. The Morgan fingerprint density at radius 3 is 2.68 bits per heavy atom. The number of anilines is 1. The molecule has 28 heavy (non-hydrogen) atoms. The third-order valence-electron chi connectivity index (χ3n) is 5.49. The van der Waals surface area contributed by atoms with Crippen molar-refractivity contribution in [1.82, 2.24) is 10.6 Å². The van der Waals surface area contributed by atoms with Crippen molar-refractivity contribution in [3.8, 4) is 0 Å². The van der Waals surface area contributed by atoms with Crippen molar-refractivity contribution in [2.45, 2.75) is 19.3 Å². The number of halogens is 3. The lowest BCUT2D eigenvalue weighted by atomic mass is 9.79. The summed E-state index contributed by atoms with van der Waals surface area (Å²) in [6, 6.07) is 3.31. The number of nitrogens with zero attached hydrogens (tertiary/aromatic N) is 1. The third-order valence-corrected chi connectivity index (χ3v) is 5.49. The smallest absolute Gasteiger partial charge is 0.239 e. The molecule has 3 rings (SSSR count). The van der Waals surface area contributed by atoms with E-state index >= 15 is 0 Å². The number of carbonyl (C=O) groups excluding carboxylic acids is 2. The van der Waals surface area contributed by atoms with Gasteiger partial charge < -0.3 is 20.3 Å². The van der Waals surface area contributed by atoms with E-state index in [9.17, 15) is 18.4 Å². The van der Waals surface area contributed by atoms with Crippen molar-refractivity contribution in [3.63, 3.8) is 0 Å². The number of piperidine rings is 1. The zero-order chi connectivity index (χ0) is 19.4. The highest BCUT2D eigenvalue weighted by Gasteiger charge is 2.39. The fourth-order valence-electron chi connectivity index (χ4n) is 3.87. The lowest BCUT2D eigenvalue weighted by Gasteiger charge is -2.37. The van der Waals surface area contributed by atoms with E-state index in [1.54, 1.807) is 7.11 Å². The van der Waals surface area contributed by atoms with E-state index in [-0.39, 0.29) is 35.3 Å². The van der Waals surface area contributed by atoms with Gasteiger partial charge in [-0.25, -0.2) is 8.78 Å². The summed E-state index contributed by atoms with van der Waals surface area (Å²) in [4.78, 5) is 26.5. The predicted molar refractivity (Wildman–Crippen MR) is 103 cm³/mol. The van der Waals surface area contributed by atoms with Crippen LogP contribution >= 0.6 is 12.4 Å². The molecule has 0 radical (unpaired) electrons. The third kappa shape index (κ3) is 4.79. The van der Waals surface area contributed by atoms with Gasteiger partial charge in [-0.1, -0.05) is 0 Å². The summed E-state index contributed by atoms with van der Waals surface area (Å²) in [6.07, 6.45) is 2.13. The molecular formula is C19H26ClF2N3O3. The molecule has 0 spiro atoms. The summed E-state index contributed by atoms with van der Waals surface area (Å²) >= 11 is 0. The second kappa shape index (κ2) is 9.62. The molecule has 2 aliphatic heterocycles. The van der Waals surface area contributed by atoms with Crippen LogP contribution in [0.3, 0.4) is 0 Å². The van der Waals surface area contributed by atoms with Crippen LogP contribution in [0, 0.1) is 23.0 Å². The first-order valence-electron chi connectivity index (χ1n) is 9.20. The summed E-state index contributed by atoms with van der Waals surface area (Å²) in [5.74, 6) is -3.49. The van der Waals surface area contributed by atoms with E-state index in [0.29, 0.717) is 26.1 Å². The highest BCUT2D eigenvalue weighted by Crippen LogP contribution is 2.30. The van der Waals surface area contributed by atoms with E-state index < -0.39 is 17.6 Å². The van der Waals surface area contributed by atoms with E-state index in [4.69, 9.17) is 4.74 Å². The Bertz CT molecular complexity index is 708. The van der Waals surface area contributed by atoms with Gasteiger partial charge in [-0.05, 0) is 44.5 Å². The molecule has 2 aliphatic rings. The maximum Gasteiger partial charge on any atom is 0.239 e. The Balaban J connectivity index is 0.00000280. The molecule has 0 bridgehead atoms. The Hall–Kier alpha value is -1.77. The molecule has 1 aromatic rings. The maximum atomic E-state index is 13.4. The quantitative estimate of drug-likeness (QED) is 0.693. The maximum absolute atomic E-state index is 13.4. The Kier molecular flexibility index (Phi) is 7.74. The molecule has 0 saturated carbocycles. The number of nitrogens with one attached hydrogen (secondary N) is 2. The summed E-state index contributed by atoms with van der Waals surface area (Å²) < 4.78 is 31.9. The average molecular weight is 418 g/mol. The monoisotopic (exact) mass is 417 g/mol. The first kappa shape index (κ1) is 22.5. The van der Waals surface area contributed by atoms with Crippen LogP contribution in [0.1, 0.15) is 19.3 Å². The fourth-order valence-corrected chi connectivity index (χ4v) is 3.87. The normalized spacial score (nSPS) is 21.3. The van der Waals surface area contributed by atoms with Gasteiger partial charge in [0.2, 0.25) is 11.8 Å². The minimum Gasteiger partial charge on any atom is -0.384 e. The topological polar surface area (TPSA) is 70.7 Å². The van der Waals surface area contributed by atoms with Crippen LogP contribution in [0.2, 0.25) is 0 Å². The molecule has 0 aromatic heterocycles. The van der Waals surface area contributed by atoms with Crippen LogP contribution in [0.4, 0.5) is 14.5 Å². The Labute approximate surface area is 169 Å². The number of hydrogen-bond acceptors (Lipinski definition) is 4. The van der Waals surface area contributed by atoms with Crippen molar-refractivity contribution in [2.24, 2.45) is 11.3 Å². The van der Waals surface area contributed by atoms with E-state index in [1.165, 1.54) is 11.0 Å². The van der Waals surface area contributed by atoms with Gasteiger partial charge in [0.05, 0.1) is 6.61 Å². The van der Waals surface area contributed by atoms with Gasteiger partial charge in [-0.3, -0.25) is 9.59 Å². The largest absolute Gasteiger partial charge is 0.384 e. The first-order valence-corrected chi connectivity index (χ1v) is 9.20. The van der Waals surface area contributed by atoms with Crippen LogP contribution < -0.4 is 15.5 Å². The number of amides is 2. The summed E-state index contributed by atoms with van der Waals surface area (Å²) in [7, 11) is 1.64. The summed E-state index contributed by atoms with van der Waals surface area (Å²) in [5, 5.41) is 6.21. The molecule has 2 heterocycles. The summed E-state index contributed by atoms with van der Waals surface area (Å²) in [5.41, 5.74) is 0.139. The lowest BCUT2D eigenvalue weighted by molar-refractivity contribution is -0.132. The van der Waals surface area contributed by atoms with E-state index in [0.717, 1.165) is 38.1 Å².